The molecule has 2 aromatic rings. The molecule has 2 aromatic heterocycles. The smallest absolute Gasteiger partial charge is 0.0590 e. The molecule has 2 heterocycles. The summed E-state index contributed by atoms with van der Waals surface area (Å²) in [6, 6.07) is 12.1. The number of aromatic nitrogens is 2. The molecule has 0 saturated heterocycles. The van der Waals surface area contributed by atoms with Gasteiger partial charge in [-0.1, -0.05) is 12.1 Å². The molecule has 2 rings (SSSR count). The lowest BCUT2D eigenvalue weighted by atomic mass is 10.1. The van der Waals surface area contributed by atoms with Gasteiger partial charge in [-0.15, -0.1) is 0 Å². The number of pyridine rings is 2. The monoisotopic (exact) mass is 271 g/mol. The van der Waals surface area contributed by atoms with Crippen molar-refractivity contribution in [3.63, 3.8) is 0 Å². The maximum Gasteiger partial charge on any atom is 0.0590 e. The van der Waals surface area contributed by atoms with E-state index in [2.05, 4.69) is 15.3 Å². The van der Waals surface area contributed by atoms with Crippen molar-refractivity contribution in [2.24, 2.45) is 0 Å². The van der Waals surface area contributed by atoms with Crippen LogP contribution in [0.2, 0.25) is 0 Å². The number of nitrogens with one attached hydrogen (secondary N) is 1. The number of ether oxygens (including phenoxy) is 1. The number of nitrogens with zero attached hydrogens (tertiary/aromatic N) is 2. The van der Waals surface area contributed by atoms with E-state index in [1.54, 1.807) is 0 Å². The van der Waals surface area contributed by atoms with Gasteiger partial charge in [0.15, 0.2) is 0 Å². The van der Waals surface area contributed by atoms with Gasteiger partial charge in [0.2, 0.25) is 0 Å². The van der Waals surface area contributed by atoms with Crippen LogP contribution in [0, 0.1) is 0 Å². The lowest BCUT2D eigenvalue weighted by Crippen LogP contribution is -2.28. The quantitative estimate of drug-likeness (QED) is 0.749. The van der Waals surface area contributed by atoms with E-state index in [-0.39, 0.29) is 6.04 Å². The van der Waals surface area contributed by atoms with Gasteiger partial charge in [-0.3, -0.25) is 9.97 Å². The van der Waals surface area contributed by atoms with Crippen LogP contribution in [0.25, 0.3) is 0 Å². The third-order valence-electron chi connectivity index (χ3n) is 3.03. The summed E-state index contributed by atoms with van der Waals surface area (Å²) in [6.45, 7) is 4.27. The van der Waals surface area contributed by atoms with Crippen molar-refractivity contribution < 1.29 is 4.74 Å². The molecule has 0 amide bonds. The zero-order valence-corrected chi connectivity index (χ0v) is 11.8. The van der Waals surface area contributed by atoms with E-state index < -0.39 is 0 Å². The molecule has 106 valence electrons. The summed E-state index contributed by atoms with van der Waals surface area (Å²) < 4.78 is 5.37. The Bertz CT molecular complexity index is 476. The van der Waals surface area contributed by atoms with Crippen LogP contribution in [-0.4, -0.2) is 29.7 Å². The summed E-state index contributed by atoms with van der Waals surface area (Å²) in [6.07, 6.45) is 4.47. The van der Waals surface area contributed by atoms with Gasteiger partial charge in [0, 0.05) is 37.7 Å². The lowest BCUT2D eigenvalue weighted by molar-refractivity contribution is 0.146. The summed E-state index contributed by atoms with van der Waals surface area (Å²) in [5.74, 6) is 0. The average molecular weight is 271 g/mol. The largest absolute Gasteiger partial charge is 0.380 e. The van der Waals surface area contributed by atoms with Crippen molar-refractivity contribution in [3.8, 4) is 0 Å². The predicted octanol–water partition coefficient (Wildman–Crippen LogP) is 2.39. The molecule has 0 saturated carbocycles. The Kier molecular flexibility index (Phi) is 6.14. The molecular weight excluding hydrogens is 250 g/mol. The summed E-state index contributed by atoms with van der Waals surface area (Å²) in [5, 5.41) is 3.49. The molecule has 4 heteroatoms. The Balaban J connectivity index is 2.00. The first-order chi connectivity index (χ1) is 9.90. The SMILES string of the molecule is CCOCCNC(Cc1ccccn1)c1ccccn1. The molecular formula is C16H21N3O. The fourth-order valence-electron chi connectivity index (χ4n) is 2.04. The van der Waals surface area contributed by atoms with E-state index in [1.807, 2.05) is 55.7 Å². The number of rotatable bonds is 8. The van der Waals surface area contributed by atoms with Crippen molar-refractivity contribution in [1.82, 2.24) is 15.3 Å². The first kappa shape index (κ1) is 14.6. The molecule has 0 radical (unpaired) electrons. The van der Waals surface area contributed by atoms with E-state index in [0.717, 1.165) is 31.0 Å². The van der Waals surface area contributed by atoms with Crippen LogP contribution in [-0.2, 0) is 11.2 Å². The fraction of sp³-hybridized carbons (Fsp3) is 0.375. The molecule has 0 aliphatic carbocycles. The van der Waals surface area contributed by atoms with Gasteiger partial charge in [0.25, 0.3) is 0 Å². The molecule has 1 N–H and O–H groups in total. The normalized spacial score (nSPS) is 12.2. The second kappa shape index (κ2) is 8.40. The van der Waals surface area contributed by atoms with Crippen LogP contribution in [0.3, 0.4) is 0 Å². The van der Waals surface area contributed by atoms with Crippen molar-refractivity contribution in [1.29, 1.82) is 0 Å². The Morgan fingerprint density at radius 3 is 2.55 bits per heavy atom. The van der Waals surface area contributed by atoms with E-state index in [4.69, 9.17) is 4.74 Å². The third-order valence-corrected chi connectivity index (χ3v) is 3.03. The van der Waals surface area contributed by atoms with Gasteiger partial charge >= 0.3 is 0 Å². The Morgan fingerprint density at radius 2 is 1.90 bits per heavy atom. The van der Waals surface area contributed by atoms with Gasteiger partial charge in [0.05, 0.1) is 18.3 Å². The van der Waals surface area contributed by atoms with E-state index in [1.165, 1.54) is 0 Å². The first-order valence-corrected chi connectivity index (χ1v) is 7.02. The van der Waals surface area contributed by atoms with Crippen LogP contribution in [0.5, 0.6) is 0 Å². The van der Waals surface area contributed by atoms with Gasteiger partial charge in [-0.05, 0) is 31.2 Å². The molecule has 1 atom stereocenters. The minimum absolute atomic E-state index is 0.159. The molecule has 0 spiro atoms. The Hall–Kier alpha value is -1.78. The zero-order valence-electron chi connectivity index (χ0n) is 11.8. The maximum absolute atomic E-state index is 5.37. The maximum atomic E-state index is 5.37. The van der Waals surface area contributed by atoms with Crippen molar-refractivity contribution in [2.45, 2.75) is 19.4 Å². The summed E-state index contributed by atoms with van der Waals surface area (Å²) >= 11 is 0. The van der Waals surface area contributed by atoms with Crippen LogP contribution >= 0.6 is 0 Å². The van der Waals surface area contributed by atoms with Gasteiger partial charge in [-0.2, -0.15) is 0 Å². The zero-order chi connectivity index (χ0) is 14.0. The second-order valence-corrected chi connectivity index (χ2v) is 4.48. The highest BCUT2D eigenvalue weighted by molar-refractivity contribution is 5.13. The van der Waals surface area contributed by atoms with Crippen molar-refractivity contribution in [2.75, 3.05) is 19.8 Å². The summed E-state index contributed by atoms with van der Waals surface area (Å²) in [7, 11) is 0. The van der Waals surface area contributed by atoms with Crippen molar-refractivity contribution in [3.05, 3.63) is 60.2 Å². The van der Waals surface area contributed by atoms with Crippen LogP contribution < -0.4 is 5.32 Å². The fourth-order valence-corrected chi connectivity index (χ4v) is 2.04. The molecule has 1 unspecified atom stereocenters. The summed E-state index contributed by atoms with van der Waals surface area (Å²) in [5.41, 5.74) is 2.10. The molecule has 0 bridgehead atoms. The highest BCUT2D eigenvalue weighted by atomic mass is 16.5. The van der Waals surface area contributed by atoms with E-state index in [0.29, 0.717) is 6.61 Å². The molecule has 0 aromatic carbocycles. The topological polar surface area (TPSA) is 47.0 Å². The van der Waals surface area contributed by atoms with Gasteiger partial charge in [0.1, 0.15) is 0 Å². The summed E-state index contributed by atoms with van der Waals surface area (Å²) in [4.78, 5) is 8.83. The molecule has 0 aliphatic rings. The van der Waals surface area contributed by atoms with Gasteiger partial charge in [-0.25, -0.2) is 0 Å². The standard InChI is InChI=1S/C16H21N3O/c1-2-20-12-11-19-16(15-8-4-6-10-18-15)13-14-7-3-5-9-17-14/h3-10,16,19H,2,11-13H2,1H3. The lowest BCUT2D eigenvalue weighted by Gasteiger charge is -2.18. The van der Waals surface area contributed by atoms with Crippen molar-refractivity contribution >= 4 is 0 Å². The third kappa shape index (κ3) is 4.72. The van der Waals surface area contributed by atoms with E-state index >= 15 is 0 Å². The molecule has 4 nitrogen and oxygen atoms in total. The van der Waals surface area contributed by atoms with Crippen LogP contribution in [0.15, 0.2) is 48.8 Å². The molecule has 20 heavy (non-hydrogen) atoms. The highest BCUT2D eigenvalue weighted by Gasteiger charge is 2.13. The Labute approximate surface area is 120 Å². The first-order valence-electron chi connectivity index (χ1n) is 7.02. The Morgan fingerprint density at radius 1 is 1.10 bits per heavy atom. The number of hydrogen-bond acceptors (Lipinski definition) is 4. The second-order valence-electron chi connectivity index (χ2n) is 4.48. The average Bonchev–Trinajstić information content (AvgIpc) is 2.52. The van der Waals surface area contributed by atoms with Crippen LogP contribution in [0.1, 0.15) is 24.4 Å². The van der Waals surface area contributed by atoms with Crippen LogP contribution in [0.4, 0.5) is 0 Å². The minimum Gasteiger partial charge on any atom is -0.380 e. The van der Waals surface area contributed by atoms with Gasteiger partial charge < -0.3 is 10.1 Å². The molecule has 0 fully saturated rings. The molecule has 0 aliphatic heterocycles. The number of hydrogen-bond donors (Lipinski definition) is 1. The highest BCUT2D eigenvalue weighted by Crippen LogP contribution is 2.14. The predicted molar refractivity (Wildman–Crippen MR) is 79.4 cm³/mol. The van der Waals surface area contributed by atoms with E-state index in [9.17, 15) is 0 Å². The minimum atomic E-state index is 0.159.